The molecule has 1 amide bonds. The van der Waals surface area contributed by atoms with Crippen molar-refractivity contribution in [2.75, 3.05) is 14.2 Å². The van der Waals surface area contributed by atoms with E-state index in [1.54, 1.807) is 67.1 Å². The van der Waals surface area contributed by atoms with Gasteiger partial charge >= 0.3 is 0 Å². The van der Waals surface area contributed by atoms with Gasteiger partial charge in [-0.05, 0) is 35.9 Å². The third-order valence-corrected chi connectivity index (χ3v) is 5.26. The van der Waals surface area contributed by atoms with Gasteiger partial charge in [0.05, 0.1) is 43.6 Å². The Balaban J connectivity index is 1.88. The SMILES string of the molecule is COc1ccc(/C(O)=C2/C(=O)C(=O)N(Cc3ccccn3)C2c2cccnc2)c(OC)c1. The van der Waals surface area contributed by atoms with Crippen LogP contribution >= 0.6 is 0 Å². The van der Waals surface area contributed by atoms with Gasteiger partial charge in [-0.2, -0.15) is 0 Å². The zero-order valence-corrected chi connectivity index (χ0v) is 17.6. The number of nitrogens with zero attached hydrogens (tertiary/aromatic N) is 3. The number of methoxy groups -OCH3 is 2. The summed E-state index contributed by atoms with van der Waals surface area (Å²) in [5.74, 6) is -1.01. The third-order valence-electron chi connectivity index (χ3n) is 5.26. The van der Waals surface area contributed by atoms with Crippen LogP contribution in [0.2, 0.25) is 0 Å². The van der Waals surface area contributed by atoms with E-state index in [-0.39, 0.29) is 23.4 Å². The Morgan fingerprint density at radius 1 is 1.06 bits per heavy atom. The third kappa shape index (κ3) is 3.78. The van der Waals surface area contributed by atoms with Crippen molar-refractivity contribution in [3.63, 3.8) is 0 Å². The monoisotopic (exact) mass is 431 g/mol. The number of carbonyl (C=O) groups is 2. The molecule has 2 aromatic heterocycles. The van der Waals surface area contributed by atoms with Gasteiger partial charge in [0.1, 0.15) is 17.3 Å². The number of aromatic nitrogens is 2. The van der Waals surface area contributed by atoms with Crippen LogP contribution in [0.1, 0.15) is 22.9 Å². The number of pyridine rings is 2. The Morgan fingerprint density at radius 3 is 2.56 bits per heavy atom. The van der Waals surface area contributed by atoms with Gasteiger partial charge in [-0.15, -0.1) is 0 Å². The summed E-state index contributed by atoms with van der Waals surface area (Å²) in [5.41, 5.74) is 1.45. The molecule has 3 aromatic rings. The first kappa shape index (κ1) is 21.0. The first-order valence-corrected chi connectivity index (χ1v) is 9.85. The zero-order valence-electron chi connectivity index (χ0n) is 17.6. The van der Waals surface area contributed by atoms with E-state index in [0.717, 1.165) is 0 Å². The summed E-state index contributed by atoms with van der Waals surface area (Å²) in [6.07, 6.45) is 4.79. The molecule has 1 fully saturated rings. The highest BCUT2D eigenvalue weighted by atomic mass is 16.5. The first-order valence-electron chi connectivity index (χ1n) is 9.85. The van der Waals surface area contributed by atoms with Crippen LogP contribution < -0.4 is 9.47 Å². The molecule has 1 saturated heterocycles. The lowest BCUT2D eigenvalue weighted by Crippen LogP contribution is -2.29. The number of rotatable bonds is 6. The van der Waals surface area contributed by atoms with E-state index in [1.807, 2.05) is 0 Å². The van der Waals surface area contributed by atoms with E-state index in [1.165, 1.54) is 19.1 Å². The number of amides is 1. The number of aliphatic hydroxyl groups excluding tert-OH is 1. The summed E-state index contributed by atoms with van der Waals surface area (Å²) >= 11 is 0. The summed E-state index contributed by atoms with van der Waals surface area (Å²) in [6.45, 7) is 0.0987. The molecule has 8 heteroatoms. The largest absolute Gasteiger partial charge is 0.507 e. The van der Waals surface area contributed by atoms with Gasteiger partial charge in [0.25, 0.3) is 11.7 Å². The Morgan fingerprint density at radius 2 is 1.91 bits per heavy atom. The molecule has 0 bridgehead atoms. The predicted octanol–water partition coefficient (Wildman–Crippen LogP) is 3.12. The molecule has 1 aromatic carbocycles. The minimum absolute atomic E-state index is 0.0394. The van der Waals surface area contributed by atoms with Crippen LogP contribution in [0.5, 0.6) is 11.5 Å². The standard InChI is InChI=1S/C24H21N3O5/c1-31-17-8-9-18(19(12-17)32-2)22(28)20-21(15-6-5-10-25-13-15)27(24(30)23(20)29)14-16-7-3-4-11-26-16/h3-13,21,28H,14H2,1-2H3/b22-20-. The summed E-state index contributed by atoms with van der Waals surface area (Å²) in [6, 6.07) is 12.8. The quantitative estimate of drug-likeness (QED) is 0.363. The van der Waals surface area contributed by atoms with Crippen molar-refractivity contribution in [2.45, 2.75) is 12.6 Å². The second-order valence-electron chi connectivity index (χ2n) is 7.10. The fraction of sp³-hybridized carbons (Fsp3) is 0.167. The molecule has 0 spiro atoms. The number of ether oxygens (including phenoxy) is 2. The summed E-state index contributed by atoms with van der Waals surface area (Å²) in [5, 5.41) is 11.2. The van der Waals surface area contributed by atoms with Crippen LogP contribution in [0, 0.1) is 0 Å². The van der Waals surface area contributed by atoms with Gasteiger partial charge in [-0.25, -0.2) is 0 Å². The van der Waals surface area contributed by atoms with Crippen molar-refractivity contribution in [3.05, 3.63) is 89.5 Å². The van der Waals surface area contributed by atoms with Crippen LogP contribution in [-0.2, 0) is 16.1 Å². The molecule has 1 aliphatic heterocycles. The summed E-state index contributed by atoms with van der Waals surface area (Å²) < 4.78 is 10.6. The lowest BCUT2D eigenvalue weighted by Gasteiger charge is -2.25. The van der Waals surface area contributed by atoms with Crippen LogP contribution in [-0.4, -0.2) is 45.9 Å². The second-order valence-corrected chi connectivity index (χ2v) is 7.10. The van der Waals surface area contributed by atoms with Gasteiger partial charge < -0.3 is 19.5 Å². The predicted molar refractivity (Wildman–Crippen MR) is 116 cm³/mol. The Kier molecular flexibility index (Phi) is 5.85. The number of hydrogen-bond donors (Lipinski definition) is 1. The average Bonchev–Trinajstić information content (AvgIpc) is 3.09. The highest BCUT2D eigenvalue weighted by Gasteiger charge is 2.46. The molecular weight excluding hydrogens is 410 g/mol. The van der Waals surface area contributed by atoms with E-state index >= 15 is 0 Å². The zero-order chi connectivity index (χ0) is 22.7. The van der Waals surface area contributed by atoms with Gasteiger partial charge in [0.2, 0.25) is 0 Å². The molecule has 8 nitrogen and oxygen atoms in total. The van der Waals surface area contributed by atoms with E-state index in [2.05, 4.69) is 9.97 Å². The second kappa shape index (κ2) is 8.89. The molecule has 3 heterocycles. The lowest BCUT2D eigenvalue weighted by atomic mass is 9.96. The van der Waals surface area contributed by atoms with E-state index < -0.39 is 17.7 Å². The molecule has 1 unspecified atom stereocenters. The van der Waals surface area contributed by atoms with Crippen molar-refractivity contribution in [1.29, 1.82) is 0 Å². The molecule has 162 valence electrons. The minimum atomic E-state index is -0.836. The number of carbonyl (C=O) groups excluding carboxylic acids is 2. The van der Waals surface area contributed by atoms with Crippen molar-refractivity contribution in [3.8, 4) is 11.5 Å². The average molecular weight is 431 g/mol. The summed E-state index contributed by atoms with van der Waals surface area (Å²) in [7, 11) is 2.96. The number of ketones is 1. The fourth-order valence-corrected chi connectivity index (χ4v) is 3.73. The van der Waals surface area contributed by atoms with E-state index in [4.69, 9.17) is 9.47 Å². The van der Waals surface area contributed by atoms with Crippen LogP contribution in [0.3, 0.4) is 0 Å². The van der Waals surface area contributed by atoms with Crippen LogP contribution in [0.4, 0.5) is 0 Å². The molecule has 1 N–H and O–H groups in total. The molecule has 0 saturated carbocycles. The number of benzene rings is 1. The van der Waals surface area contributed by atoms with Crippen LogP contribution in [0.25, 0.3) is 5.76 Å². The lowest BCUT2D eigenvalue weighted by molar-refractivity contribution is -0.140. The van der Waals surface area contributed by atoms with Crippen LogP contribution in [0.15, 0.2) is 72.7 Å². The highest BCUT2D eigenvalue weighted by molar-refractivity contribution is 6.46. The molecule has 0 radical (unpaired) electrons. The molecule has 32 heavy (non-hydrogen) atoms. The topological polar surface area (TPSA) is 102 Å². The minimum Gasteiger partial charge on any atom is -0.507 e. The van der Waals surface area contributed by atoms with Crippen molar-refractivity contribution < 1.29 is 24.2 Å². The van der Waals surface area contributed by atoms with E-state index in [9.17, 15) is 14.7 Å². The fourth-order valence-electron chi connectivity index (χ4n) is 3.73. The molecule has 0 aliphatic carbocycles. The maximum Gasteiger partial charge on any atom is 0.296 e. The van der Waals surface area contributed by atoms with Gasteiger partial charge in [-0.1, -0.05) is 12.1 Å². The van der Waals surface area contributed by atoms with Crippen molar-refractivity contribution in [2.24, 2.45) is 0 Å². The van der Waals surface area contributed by atoms with E-state index in [0.29, 0.717) is 22.8 Å². The number of likely N-dealkylation sites (tertiary alicyclic amines) is 1. The number of aliphatic hydroxyl groups is 1. The maximum absolute atomic E-state index is 13.1. The number of hydrogen-bond acceptors (Lipinski definition) is 7. The first-order chi connectivity index (χ1) is 15.5. The highest BCUT2D eigenvalue weighted by Crippen LogP contribution is 2.41. The number of Topliss-reactive ketones (excluding diaryl/α,β-unsaturated/α-hetero) is 1. The molecule has 4 rings (SSSR count). The Labute approximate surface area is 184 Å². The van der Waals surface area contributed by atoms with Crippen molar-refractivity contribution >= 4 is 17.4 Å². The van der Waals surface area contributed by atoms with Crippen molar-refractivity contribution in [1.82, 2.24) is 14.9 Å². The smallest absolute Gasteiger partial charge is 0.296 e. The Bertz CT molecular complexity index is 1180. The maximum atomic E-state index is 13.1. The molecule has 1 aliphatic rings. The normalized spacial score (nSPS) is 17.4. The summed E-state index contributed by atoms with van der Waals surface area (Å²) in [4.78, 5) is 35.9. The molecule has 1 atom stereocenters. The van der Waals surface area contributed by atoms with Gasteiger partial charge in [0.15, 0.2) is 0 Å². The molecular formula is C24H21N3O5. The van der Waals surface area contributed by atoms with Gasteiger partial charge in [0, 0.05) is 24.7 Å². The van der Waals surface area contributed by atoms with Gasteiger partial charge in [-0.3, -0.25) is 19.6 Å². The Hall–Kier alpha value is -4.20.